The molecule has 2 rings (SSSR count). The summed E-state index contributed by atoms with van der Waals surface area (Å²) in [6, 6.07) is 11.1. The van der Waals surface area contributed by atoms with Gasteiger partial charge in [-0.3, -0.25) is 9.59 Å². The van der Waals surface area contributed by atoms with Crippen molar-refractivity contribution in [1.82, 2.24) is 9.62 Å². The standard InChI is InChI=1S/C19H22FN3O4S/c1-21-19(25)14-5-3-6-16(13-14)22-18(24)7-4-12-23(2)28(26,27)17-10-8-15(20)9-11-17/h3,5-6,8-11,13H,4,7,12H2,1-2H3,(H,21,25)(H,22,24). The van der Waals surface area contributed by atoms with Gasteiger partial charge >= 0.3 is 0 Å². The maximum Gasteiger partial charge on any atom is 0.251 e. The Morgan fingerprint density at radius 1 is 1.11 bits per heavy atom. The lowest BCUT2D eigenvalue weighted by atomic mass is 10.2. The van der Waals surface area contributed by atoms with E-state index in [-0.39, 0.29) is 29.7 Å². The number of nitrogens with one attached hydrogen (secondary N) is 2. The average Bonchev–Trinajstić information content (AvgIpc) is 2.67. The van der Waals surface area contributed by atoms with Gasteiger partial charge in [-0.05, 0) is 48.9 Å². The predicted molar refractivity (Wildman–Crippen MR) is 104 cm³/mol. The molecule has 0 atom stereocenters. The largest absolute Gasteiger partial charge is 0.355 e. The van der Waals surface area contributed by atoms with Crippen molar-refractivity contribution in [1.29, 1.82) is 0 Å². The van der Waals surface area contributed by atoms with E-state index in [1.165, 1.54) is 26.2 Å². The molecule has 0 aromatic heterocycles. The highest BCUT2D eigenvalue weighted by Gasteiger charge is 2.20. The quantitative estimate of drug-likeness (QED) is 0.701. The molecule has 0 aliphatic heterocycles. The fourth-order valence-electron chi connectivity index (χ4n) is 2.47. The predicted octanol–water partition coefficient (Wildman–Crippen LogP) is 2.22. The van der Waals surface area contributed by atoms with Gasteiger partial charge in [0.1, 0.15) is 5.82 Å². The molecule has 0 bridgehead atoms. The fourth-order valence-corrected chi connectivity index (χ4v) is 3.68. The number of rotatable bonds is 8. The second kappa shape index (κ2) is 9.43. The van der Waals surface area contributed by atoms with E-state index in [2.05, 4.69) is 10.6 Å². The van der Waals surface area contributed by atoms with Crippen LogP contribution in [0.4, 0.5) is 10.1 Å². The van der Waals surface area contributed by atoms with Crippen LogP contribution in [0.25, 0.3) is 0 Å². The zero-order valence-electron chi connectivity index (χ0n) is 15.6. The van der Waals surface area contributed by atoms with E-state index in [9.17, 15) is 22.4 Å². The van der Waals surface area contributed by atoms with E-state index in [1.807, 2.05) is 0 Å². The van der Waals surface area contributed by atoms with Crippen LogP contribution in [-0.4, -0.2) is 45.2 Å². The number of halogens is 1. The Hall–Kier alpha value is -2.78. The highest BCUT2D eigenvalue weighted by atomic mass is 32.2. The van der Waals surface area contributed by atoms with Gasteiger partial charge in [-0.15, -0.1) is 0 Å². The lowest BCUT2D eigenvalue weighted by Gasteiger charge is -2.17. The number of anilines is 1. The number of benzene rings is 2. The zero-order chi connectivity index (χ0) is 20.7. The minimum atomic E-state index is -3.74. The molecule has 2 aromatic carbocycles. The summed E-state index contributed by atoms with van der Waals surface area (Å²) in [5.74, 6) is -1.07. The third-order valence-corrected chi connectivity index (χ3v) is 5.91. The van der Waals surface area contributed by atoms with Crippen molar-refractivity contribution in [3.05, 3.63) is 59.9 Å². The number of carbonyl (C=O) groups is 2. The molecule has 2 amide bonds. The lowest BCUT2D eigenvalue weighted by molar-refractivity contribution is -0.116. The van der Waals surface area contributed by atoms with Crippen molar-refractivity contribution in [2.24, 2.45) is 0 Å². The summed E-state index contributed by atoms with van der Waals surface area (Å²) in [5.41, 5.74) is 0.906. The number of amides is 2. The number of hydrogen-bond acceptors (Lipinski definition) is 4. The monoisotopic (exact) mass is 407 g/mol. The molecule has 2 aromatic rings. The Morgan fingerprint density at radius 3 is 2.43 bits per heavy atom. The van der Waals surface area contributed by atoms with Gasteiger partial charge < -0.3 is 10.6 Å². The Labute approximate surface area is 163 Å². The van der Waals surface area contributed by atoms with Crippen LogP contribution in [0.5, 0.6) is 0 Å². The van der Waals surface area contributed by atoms with Gasteiger partial charge in [-0.25, -0.2) is 17.1 Å². The Kier molecular flexibility index (Phi) is 7.24. The highest BCUT2D eigenvalue weighted by molar-refractivity contribution is 7.89. The Balaban J connectivity index is 1.88. The second-order valence-electron chi connectivity index (χ2n) is 6.09. The topological polar surface area (TPSA) is 95.6 Å². The average molecular weight is 407 g/mol. The molecule has 2 N–H and O–H groups in total. The van der Waals surface area contributed by atoms with Crippen molar-refractivity contribution in [2.75, 3.05) is 26.0 Å². The van der Waals surface area contributed by atoms with Crippen LogP contribution in [0.3, 0.4) is 0 Å². The fraction of sp³-hybridized carbons (Fsp3) is 0.263. The lowest BCUT2D eigenvalue weighted by Crippen LogP contribution is -2.28. The maximum atomic E-state index is 13.0. The zero-order valence-corrected chi connectivity index (χ0v) is 16.4. The smallest absolute Gasteiger partial charge is 0.251 e. The van der Waals surface area contributed by atoms with Gasteiger partial charge in [-0.2, -0.15) is 0 Å². The molecular weight excluding hydrogens is 385 g/mol. The first kappa shape index (κ1) is 21.5. The van der Waals surface area contributed by atoms with Crippen molar-refractivity contribution in [3.8, 4) is 0 Å². The van der Waals surface area contributed by atoms with Crippen molar-refractivity contribution in [2.45, 2.75) is 17.7 Å². The minimum Gasteiger partial charge on any atom is -0.355 e. The normalized spacial score (nSPS) is 11.3. The number of sulfonamides is 1. The summed E-state index contributed by atoms with van der Waals surface area (Å²) in [5, 5.41) is 5.19. The van der Waals surface area contributed by atoms with Crippen molar-refractivity contribution in [3.63, 3.8) is 0 Å². The van der Waals surface area contributed by atoms with Crippen LogP contribution in [-0.2, 0) is 14.8 Å². The molecule has 0 saturated carbocycles. The van der Waals surface area contributed by atoms with Crippen molar-refractivity contribution >= 4 is 27.5 Å². The Bertz CT molecular complexity index is 946. The minimum absolute atomic E-state index is 0.00753. The third-order valence-electron chi connectivity index (χ3n) is 4.03. The first-order valence-corrected chi connectivity index (χ1v) is 10.0. The molecule has 0 saturated heterocycles. The van der Waals surface area contributed by atoms with Crippen LogP contribution >= 0.6 is 0 Å². The molecule has 0 radical (unpaired) electrons. The van der Waals surface area contributed by atoms with E-state index in [4.69, 9.17) is 0 Å². The van der Waals surface area contributed by atoms with Crippen LogP contribution in [0.2, 0.25) is 0 Å². The van der Waals surface area contributed by atoms with E-state index in [1.54, 1.807) is 24.3 Å². The van der Waals surface area contributed by atoms with Crippen LogP contribution in [0.1, 0.15) is 23.2 Å². The van der Waals surface area contributed by atoms with Gasteiger partial charge in [0.05, 0.1) is 4.90 Å². The highest BCUT2D eigenvalue weighted by Crippen LogP contribution is 2.16. The van der Waals surface area contributed by atoms with E-state index >= 15 is 0 Å². The SMILES string of the molecule is CNC(=O)c1cccc(NC(=O)CCCN(C)S(=O)(=O)c2ccc(F)cc2)c1. The summed E-state index contributed by atoms with van der Waals surface area (Å²) in [4.78, 5) is 23.7. The molecule has 0 aliphatic carbocycles. The number of hydrogen-bond donors (Lipinski definition) is 2. The number of nitrogens with zero attached hydrogens (tertiary/aromatic N) is 1. The second-order valence-corrected chi connectivity index (χ2v) is 8.14. The van der Waals surface area contributed by atoms with Gasteiger partial charge in [0.15, 0.2) is 0 Å². The van der Waals surface area contributed by atoms with Crippen LogP contribution < -0.4 is 10.6 Å². The molecule has 150 valence electrons. The summed E-state index contributed by atoms with van der Waals surface area (Å²) in [7, 11) is -0.816. The summed E-state index contributed by atoms with van der Waals surface area (Å²) >= 11 is 0. The third kappa shape index (κ3) is 5.61. The van der Waals surface area contributed by atoms with E-state index in [0.29, 0.717) is 17.7 Å². The van der Waals surface area contributed by atoms with Crippen LogP contribution in [0.15, 0.2) is 53.4 Å². The molecule has 9 heteroatoms. The summed E-state index contributed by atoms with van der Waals surface area (Å²) in [6.07, 6.45) is 0.408. The molecular formula is C19H22FN3O4S. The van der Waals surface area contributed by atoms with E-state index in [0.717, 1.165) is 16.4 Å². The molecule has 0 fully saturated rings. The van der Waals surface area contributed by atoms with Crippen LogP contribution in [0, 0.1) is 5.82 Å². The molecule has 0 heterocycles. The molecule has 7 nitrogen and oxygen atoms in total. The first-order chi connectivity index (χ1) is 13.2. The number of carbonyl (C=O) groups excluding carboxylic acids is 2. The molecule has 0 aliphatic rings. The first-order valence-electron chi connectivity index (χ1n) is 8.58. The summed E-state index contributed by atoms with van der Waals surface area (Å²) in [6.45, 7) is 0.130. The molecule has 0 unspecified atom stereocenters. The Morgan fingerprint density at radius 2 is 1.79 bits per heavy atom. The van der Waals surface area contributed by atoms with E-state index < -0.39 is 15.8 Å². The maximum absolute atomic E-state index is 13.0. The van der Waals surface area contributed by atoms with Gasteiger partial charge in [0.25, 0.3) is 5.91 Å². The van der Waals surface area contributed by atoms with Crippen molar-refractivity contribution < 1.29 is 22.4 Å². The molecule has 0 spiro atoms. The summed E-state index contributed by atoms with van der Waals surface area (Å²) < 4.78 is 38.9. The van der Waals surface area contributed by atoms with Gasteiger partial charge in [-0.1, -0.05) is 6.07 Å². The van der Waals surface area contributed by atoms with Gasteiger partial charge in [0.2, 0.25) is 15.9 Å². The van der Waals surface area contributed by atoms with Gasteiger partial charge in [0, 0.05) is 38.3 Å². The molecule has 28 heavy (non-hydrogen) atoms.